The molecule has 0 fully saturated rings. The molecule has 52 heavy (non-hydrogen) atoms. The maximum atomic E-state index is 13.7. The third-order valence-corrected chi connectivity index (χ3v) is 9.87. The molecule has 1 aromatic heterocycles. The molecule has 0 aliphatic carbocycles. The molecule has 7 rings (SSSR count). The van der Waals surface area contributed by atoms with E-state index in [9.17, 15) is 14.4 Å². The molecule has 0 spiro atoms. The third kappa shape index (κ3) is 8.70. The highest BCUT2D eigenvalue weighted by Crippen LogP contribution is 2.29. The van der Waals surface area contributed by atoms with Crippen LogP contribution in [0.4, 0.5) is 10.8 Å². The van der Waals surface area contributed by atoms with E-state index < -0.39 is 11.8 Å². The lowest BCUT2D eigenvalue weighted by Gasteiger charge is -2.12. The summed E-state index contributed by atoms with van der Waals surface area (Å²) < 4.78 is 0. The Morgan fingerprint density at radius 3 is 2.13 bits per heavy atom. The fraction of sp³-hybridized carbons (Fsp3) is 0.0233. The minimum absolute atomic E-state index is 0.0882. The van der Waals surface area contributed by atoms with E-state index in [0.717, 1.165) is 43.6 Å². The monoisotopic (exact) mass is 716 g/mol. The van der Waals surface area contributed by atoms with E-state index in [2.05, 4.69) is 45.2 Å². The molecule has 0 bridgehead atoms. The topological polar surface area (TPSA) is 100 Å². The number of nitrogens with zero attached hydrogens (tertiary/aromatic N) is 1. The van der Waals surface area contributed by atoms with Crippen LogP contribution in [0.2, 0.25) is 0 Å². The van der Waals surface area contributed by atoms with Gasteiger partial charge in [-0.15, -0.1) is 23.1 Å². The molecule has 0 radical (unpaired) electrons. The number of nitrogens with one attached hydrogen (secondary N) is 3. The molecule has 1 heterocycles. The van der Waals surface area contributed by atoms with Crippen LogP contribution < -0.4 is 16.0 Å². The van der Waals surface area contributed by atoms with Crippen LogP contribution >= 0.6 is 23.1 Å². The Bertz CT molecular complexity index is 2390. The van der Waals surface area contributed by atoms with Crippen molar-refractivity contribution in [1.82, 2.24) is 10.3 Å². The second-order valence-electron chi connectivity index (χ2n) is 11.8. The number of carbonyl (C=O) groups is 3. The molecular weight excluding hydrogens is 685 g/mol. The van der Waals surface area contributed by atoms with Gasteiger partial charge < -0.3 is 16.0 Å². The van der Waals surface area contributed by atoms with E-state index in [-0.39, 0.29) is 17.4 Å². The van der Waals surface area contributed by atoms with E-state index >= 15 is 0 Å². The van der Waals surface area contributed by atoms with Crippen molar-refractivity contribution in [3.63, 3.8) is 0 Å². The molecule has 0 saturated heterocycles. The van der Waals surface area contributed by atoms with Gasteiger partial charge in [0.05, 0.1) is 11.4 Å². The molecule has 6 aromatic carbocycles. The van der Waals surface area contributed by atoms with Crippen molar-refractivity contribution in [2.45, 2.75) is 4.90 Å². The average molecular weight is 717 g/mol. The molecule has 7 aromatic rings. The summed E-state index contributed by atoms with van der Waals surface area (Å²) in [5.41, 5.74) is 5.70. The zero-order valence-corrected chi connectivity index (χ0v) is 29.4. The Kier molecular flexibility index (Phi) is 10.6. The van der Waals surface area contributed by atoms with Crippen molar-refractivity contribution < 1.29 is 14.4 Å². The number of carbonyl (C=O) groups excluding carboxylic acids is 3. The number of rotatable bonds is 11. The number of fused-ring (bicyclic) bond motifs is 1. The highest BCUT2D eigenvalue weighted by molar-refractivity contribution is 8.00. The Labute approximate surface area is 309 Å². The summed E-state index contributed by atoms with van der Waals surface area (Å²) in [5, 5.41) is 13.4. The maximum Gasteiger partial charge on any atom is 0.272 e. The highest BCUT2D eigenvalue weighted by Gasteiger charge is 2.16. The van der Waals surface area contributed by atoms with Crippen molar-refractivity contribution in [1.29, 1.82) is 0 Å². The van der Waals surface area contributed by atoms with E-state index in [1.807, 2.05) is 90.3 Å². The molecule has 3 amide bonds. The number of thioether (sulfide) groups is 1. The Morgan fingerprint density at radius 2 is 1.35 bits per heavy atom. The lowest BCUT2D eigenvalue weighted by atomic mass is 10.0. The number of amides is 3. The first-order valence-electron chi connectivity index (χ1n) is 16.5. The Balaban J connectivity index is 1.00. The lowest BCUT2D eigenvalue weighted by molar-refractivity contribution is -0.114. The SMILES string of the molecule is O=C(CSc1cccc(NC(=O)/C(=C\c2ccc(-c3ccccc3)cc2)NC(=O)c2ccccc2)c1)Nc1nc(-c2ccc3ccccc3c2)cs1. The zero-order valence-electron chi connectivity index (χ0n) is 27.8. The molecule has 0 atom stereocenters. The Morgan fingerprint density at radius 1 is 0.654 bits per heavy atom. The molecular formula is C43H32N4O3S2. The molecule has 9 heteroatoms. The zero-order chi connectivity index (χ0) is 35.7. The van der Waals surface area contributed by atoms with Gasteiger partial charge in [0, 0.05) is 27.1 Å². The van der Waals surface area contributed by atoms with Crippen LogP contribution in [0.5, 0.6) is 0 Å². The Hall–Kier alpha value is -6.29. The summed E-state index contributed by atoms with van der Waals surface area (Å²) in [4.78, 5) is 45.1. The van der Waals surface area contributed by atoms with E-state index in [4.69, 9.17) is 0 Å². The molecule has 0 aliphatic heterocycles. The molecule has 3 N–H and O–H groups in total. The largest absolute Gasteiger partial charge is 0.321 e. The standard InChI is InChI=1S/C43H32N4O3S2/c48-40(47-43-46-39(27-52-43)35-23-22-31-12-7-8-15-34(31)25-35)28-51-37-17-9-16-36(26-37)44-42(50)38(45-41(49)33-13-5-2-6-14-33)24-29-18-20-32(21-19-29)30-10-3-1-4-11-30/h1-27H,28H2,(H,44,50)(H,45,49)(H,46,47,48)/b38-24+. The fourth-order valence-corrected chi connectivity index (χ4v) is 6.98. The first kappa shape index (κ1) is 34.2. The van der Waals surface area contributed by atoms with Crippen molar-refractivity contribution in [2.75, 3.05) is 16.4 Å². The van der Waals surface area contributed by atoms with Crippen LogP contribution in [0.15, 0.2) is 168 Å². The van der Waals surface area contributed by atoms with Gasteiger partial charge in [-0.3, -0.25) is 14.4 Å². The summed E-state index contributed by atoms with van der Waals surface area (Å²) in [6.45, 7) is 0. The molecule has 0 saturated carbocycles. The van der Waals surface area contributed by atoms with Crippen LogP contribution in [0.25, 0.3) is 39.2 Å². The van der Waals surface area contributed by atoms with Gasteiger partial charge in [-0.1, -0.05) is 115 Å². The van der Waals surface area contributed by atoms with Crippen molar-refractivity contribution >= 4 is 68.5 Å². The number of aromatic nitrogens is 1. The van der Waals surface area contributed by atoms with Crippen LogP contribution in [0.3, 0.4) is 0 Å². The number of hydrogen-bond donors (Lipinski definition) is 3. The number of anilines is 2. The van der Waals surface area contributed by atoms with E-state index in [1.54, 1.807) is 48.5 Å². The quantitative estimate of drug-likeness (QED) is 0.0915. The predicted molar refractivity (Wildman–Crippen MR) is 213 cm³/mol. The summed E-state index contributed by atoms with van der Waals surface area (Å²) >= 11 is 2.72. The highest BCUT2D eigenvalue weighted by atomic mass is 32.2. The number of hydrogen-bond acceptors (Lipinski definition) is 6. The fourth-order valence-electron chi connectivity index (χ4n) is 5.49. The number of thiazole rings is 1. The molecule has 0 unspecified atom stereocenters. The van der Waals surface area contributed by atoms with Gasteiger partial charge in [0.15, 0.2) is 5.13 Å². The van der Waals surface area contributed by atoms with Gasteiger partial charge in [-0.05, 0) is 69.9 Å². The van der Waals surface area contributed by atoms with Gasteiger partial charge in [-0.25, -0.2) is 4.98 Å². The van der Waals surface area contributed by atoms with Gasteiger partial charge in [-0.2, -0.15) is 0 Å². The normalized spacial score (nSPS) is 11.2. The van der Waals surface area contributed by atoms with Crippen LogP contribution in [-0.2, 0) is 9.59 Å². The van der Waals surface area contributed by atoms with Gasteiger partial charge in [0.2, 0.25) is 5.91 Å². The smallest absolute Gasteiger partial charge is 0.272 e. The van der Waals surface area contributed by atoms with Crippen LogP contribution in [-0.4, -0.2) is 28.5 Å². The summed E-state index contributed by atoms with van der Waals surface area (Å²) in [5.74, 6) is -0.921. The van der Waals surface area contributed by atoms with E-state index in [0.29, 0.717) is 16.4 Å². The minimum Gasteiger partial charge on any atom is -0.321 e. The second-order valence-corrected chi connectivity index (χ2v) is 13.7. The second kappa shape index (κ2) is 16.2. The van der Waals surface area contributed by atoms with Crippen molar-refractivity contribution in [3.8, 4) is 22.4 Å². The van der Waals surface area contributed by atoms with Gasteiger partial charge >= 0.3 is 0 Å². The molecule has 254 valence electrons. The molecule has 0 aliphatic rings. The summed E-state index contributed by atoms with van der Waals surface area (Å²) in [6, 6.07) is 48.1. The minimum atomic E-state index is -0.484. The predicted octanol–water partition coefficient (Wildman–Crippen LogP) is 9.77. The summed E-state index contributed by atoms with van der Waals surface area (Å²) in [6.07, 6.45) is 1.65. The maximum absolute atomic E-state index is 13.7. The van der Waals surface area contributed by atoms with Crippen LogP contribution in [0, 0.1) is 0 Å². The lowest BCUT2D eigenvalue weighted by Crippen LogP contribution is -2.30. The van der Waals surface area contributed by atoms with E-state index in [1.165, 1.54) is 23.1 Å². The molecule has 7 nitrogen and oxygen atoms in total. The van der Waals surface area contributed by atoms with Gasteiger partial charge in [0.1, 0.15) is 5.70 Å². The summed E-state index contributed by atoms with van der Waals surface area (Å²) in [7, 11) is 0. The van der Waals surface area contributed by atoms with Gasteiger partial charge in [0.25, 0.3) is 11.8 Å². The van der Waals surface area contributed by atoms with Crippen molar-refractivity contribution in [2.24, 2.45) is 0 Å². The number of benzene rings is 6. The average Bonchev–Trinajstić information content (AvgIpc) is 3.66. The first-order chi connectivity index (χ1) is 25.5. The van der Waals surface area contributed by atoms with Crippen molar-refractivity contribution in [3.05, 3.63) is 174 Å². The first-order valence-corrected chi connectivity index (χ1v) is 18.4. The van der Waals surface area contributed by atoms with Crippen LogP contribution in [0.1, 0.15) is 15.9 Å². The third-order valence-electron chi connectivity index (χ3n) is 8.12.